The first-order valence-electron chi connectivity index (χ1n) is 7.45. The highest BCUT2D eigenvalue weighted by molar-refractivity contribution is 14.1. The van der Waals surface area contributed by atoms with Crippen LogP contribution in [0.5, 0.6) is 11.5 Å². The second-order valence-electron chi connectivity index (χ2n) is 5.12. The number of amides is 1. The lowest BCUT2D eigenvalue weighted by Gasteiger charge is -2.09. The molecule has 0 saturated heterocycles. The molecule has 136 valence electrons. The summed E-state index contributed by atoms with van der Waals surface area (Å²) in [4.78, 5) is 22.0. The van der Waals surface area contributed by atoms with Crippen molar-refractivity contribution < 1.29 is 19.2 Å². The molecule has 0 atom stereocenters. The van der Waals surface area contributed by atoms with Crippen LogP contribution in [0.1, 0.15) is 12.5 Å². The number of nitrogens with one attached hydrogen (secondary N) is 1. The zero-order chi connectivity index (χ0) is 19.1. The Bertz CT molecular complexity index is 837. The van der Waals surface area contributed by atoms with Crippen LogP contribution in [0.15, 0.2) is 47.6 Å². The van der Waals surface area contributed by atoms with E-state index in [1.807, 2.05) is 0 Å². The fraction of sp³-hybridized carbons (Fsp3) is 0.176. The molecule has 0 bridgehead atoms. The second kappa shape index (κ2) is 9.13. The van der Waals surface area contributed by atoms with Gasteiger partial charge in [-0.25, -0.2) is 5.43 Å². The molecular formula is C17H16IN3O5. The molecule has 0 aliphatic heterocycles. The largest absolute Gasteiger partial charge is 0.497 e. The van der Waals surface area contributed by atoms with Gasteiger partial charge in [0.25, 0.3) is 11.6 Å². The number of ether oxygens (including phenoxy) is 2. The lowest BCUT2D eigenvalue weighted by Crippen LogP contribution is -2.25. The Morgan fingerprint density at radius 1 is 1.27 bits per heavy atom. The van der Waals surface area contributed by atoms with E-state index in [9.17, 15) is 14.9 Å². The third-order valence-corrected chi connectivity index (χ3v) is 4.19. The Morgan fingerprint density at radius 2 is 1.96 bits per heavy atom. The number of non-ortho nitro benzene ring substituents is 1. The van der Waals surface area contributed by atoms with Crippen molar-refractivity contribution in [3.8, 4) is 11.5 Å². The summed E-state index contributed by atoms with van der Waals surface area (Å²) in [7, 11) is 1.57. The van der Waals surface area contributed by atoms with Gasteiger partial charge in [-0.2, -0.15) is 5.10 Å². The van der Waals surface area contributed by atoms with Gasteiger partial charge >= 0.3 is 0 Å². The van der Waals surface area contributed by atoms with Crippen LogP contribution >= 0.6 is 22.6 Å². The van der Waals surface area contributed by atoms with Crippen LogP contribution in [0.25, 0.3) is 0 Å². The van der Waals surface area contributed by atoms with Gasteiger partial charge < -0.3 is 9.47 Å². The highest BCUT2D eigenvalue weighted by Gasteiger charge is 2.08. The minimum atomic E-state index is -0.476. The predicted molar refractivity (Wildman–Crippen MR) is 105 cm³/mol. The van der Waals surface area contributed by atoms with Gasteiger partial charge in [-0.05, 0) is 65.4 Å². The van der Waals surface area contributed by atoms with E-state index in [0.29, 0.717) is 22.8 Å². The zero-order valence-corrected chi connectivity index (χ0v) is 16.2. The molecule has 1 N–H and O–H groups in total. The van der Waals surface area contributed by atoms with Gasteiger partial charge in [0, 0.05) is 12.1 Å². The lowest BCUT2D eigenvalue weighted by molar-refractivity contribution is -0.384. The molecular weight excluding hydrogens is 453 g/mol. The number of rotatable bonds is 7. The number of benzene rings is 2. The van der Waals surface area contributed by atoms with Gasteiger partial charge in [0.2, 0.25) is 0 Å². The molecule has 0 unspecified atom stereocenters. The number of nitrogens with zero attached hydrogens (tertiary/aromatic N) is 2. The molecule has 0 aliphatic carbocycles. The number of hydrazone groups is 1. The summed E-state index contributed by atoms with van der Waals surface area (Å²) < 4.78 is 11.4. The number of nitro groups is 1. The summed E-state index contributed by atoms with van der Waals surface area (Å²) >= 11 is 2.09. The van der Waals surface area contributed by atoms with Crippen molar-refractivity contribution in [2.75, 3.05) is 13.7 Å². The van der Waals surface area contributed by atoms with Crippen molar-refractivity contribution in [2.45, 2.75) is 6.92 Å². The van der Waals surface area contributed by atoms with Crippen molar-refractivity contribution in [3.05, 3.63) is 61.7 Å². The van der Waals surface area contributed by atoms with E-state index in [1.54, 1.807) is 44.4 Å². The quantitative estimate of drug-likeness (QED) is 0.291. The molecule has 0 fully saturated rings. The predicted octanol–water partition coefficient (Wildman–Crippen LogP) is 3.13. The second-order valence-corrected chi connectivity index (χ2v) is 6.28. The molecule has 0 saturated carbocycles. The minimum Gasteiger partial charge on any atom is -0.497 e. The van der Waals surface area contributed by atoms with Crippen LogP contribution in [-0.4, -0.2) is 30.3 Å². The number of hydrogen-bond acceptors (Lipinski definition) is 6. The monoisotopic (exact) mass is 469 g/mol. The smallest absolute Gasteiger partial charge is 0.277 e. The Kier molecular flexibility index (Phi) is 6.89. The summed E-state index contributed by atoms with van der Waals surface area (Å²) in [6, 6.07) is 11.2. The van der Waals surface area contributed by atoms with Crippen molar-refractivity contribution in [2.24, 2.45) is 5.10 Å². The van der Waals surface area contributed by atoms with E-state index in [2.05, 4.69) is 33.1 Å². The third kappa shape index (κ3) is 5.41. The van der Waals surface area contributed by atoms with Gasteiger partial charge in [-0.3, -0.25) is 14.9 Å². The molecule has 0 heterocycles. The summed E-state index contributed by atoms with van der Waals surface area (Å²) in [5, 5.41) is 14.6. The van der Waals surface area contributed by atoms with Crippen molar-refractivity contribution in [1.82, 2.24) is 5.43 Å². The van der Waals surface area contributed by atoms with Crippen molar-refractivity contribution in [1.29, 1.82) is 0 Å². The van der Waals surface area contributed by atoms with E-state index in [0.717, 1.165) is 3.57 Å². The van der Waals surface area contributed by atoms with Gasteiger partial charge in [0.1, 0.15) is 11.5 Å². The third-order valence-electron chi connectivity index (χ3n) is 3.34. The van der Waals surface area contributed by atoms with Crippen molar-refractivity contribution in [3.63, 3.8) is 0 Å². The molecule has 1 amide bonds. The van der Waals surface area contributed by atoms with E-state index in [-0.39, 0.29) is 12.3 Å². The van der Waals surface area contributed by atoms with Crippen LogP contribution in [0.4, 0.5) is 5.69 Å². The average molecular weight is 469 g/mol. The summed E-state index contributed by atoms with van der Waals surface area (Å²) in [6.45, 7) is 1.49. The number of hydrogen-bond donors (Lipinski definition) is 1. The Balaban J connectivity index is 1.91. The van der Waals surface area contributed by atoms with E-state index in [4.69, 9.17) is 9.47 Å². The van der Waals surface area contributed by atoms with Gasteiger partial charge in [0.05, 0.1) is 21.3 Å². The summed E-state index contributed by atoms with van der Waals surface area (Å²) in [5.41, 5.74) is 3.58. The Labute approximate surface area is 163 Å². The lowest BCUT2D eigenvalue weighted by atomic mass is 10.1. The number of methoxy groups -OCH3 is 1. The molecule has 0 aliphatic rings. The van der Waals surface area contributed by atoms with E-state index in [1.165, 1.54) is 12.1 Å². The Morgan fingerprint density at radius 3 is 2.54 bits per heavy atom. The first-order valence-corrected chi connectivity index (χ1v) is 8.53. The van der Waals surface area contributed by atoms with Crippen LogP contribution in [0.2, 0.25) is 0 Å². The SMILES string of the molecule is COc1ccc(OCC(=O)NN=C(C)c2ccc([N+](=O)[O-])cc2)c(I)c1. The van der Waals surface area contributed by atoms with Crippen LogP contribution < -0.4 is 14.9 Å². The fourth-order valence-corrected chi connectivity index (χ4v) is 2.58. The topological polar surface area (TPSA) is 103 Å². The highest BCUT2D eigenvalue weighted by atomic mass is 127. The molecule has 26 heavy (non-hydrogen) atoms. The molecule has 0 aromatic heterocycles. The highest BCUT2D eigenvalue weighted by Crippen LogP contribution is 2.25. The van der Waals surface area contributed by atoms with E-state index < -0.39 is 10.8 Å². The maximum atomic E-state index is 11.9. The maximum Gasteiger partial charge on any atom is 0.277 e. The molecule has 8 nitrogen and oxygen atoms in total. The first-order chi connectivity index (χ1) is 12.4. The summed E-state index contributed by atoms with van der Waals surface area (Å²) in [6.07, 6.45) is 0. The molecule has 0 radical (unpaired) electrons. The average Bonchev–Trinajstić information content (AvgIpc) is 2.65. The fourth-order valence-electron chi connectivity index (χ4n) is 1.94. The molecule has 2 aromatic rings. The number of carbonyl (C=O) groups is 1. The number of carbonyl (C=O) groups excluding carboxylic acids is 1. The van der Waals surface area contributed by atoms with Gasteiger partial charge in [0.15, 0.2) is 6.61 Å². The zero-order valence-electron chi connectivity index (χ0n) is 14.1. The maximum absolute atomic E-state index is 11.9. The first kappa shape index (κ1) is 19.6. The summed E-state index contributed by atoms with van der Waals surface area (Å²) in [5.74, 6) is 0.852. The molecule has 0 spiro atoms. The van der Waals surface area contributed by atoms with Crippen molar-refractivity contribution >= 4 is 39.9 Å². The van der Waals surface area contributed by atoms with Gasteiger partial charge in [-0.15, -0.1) is 0 Å². The van der Waals surface area contributed by atoms with Gasteiger partial charge in [-0.1, -0.05) is 0 Å². The molecule has 9 heteroatoms. The minimum absolute atomic E-state index is 0.00641. The van der Waals surface area contributed by atoms with E-state index >= 15 is 0 Å². The van der Waals surface area contributed by atoms with Crippen LogP contribution in [0.3, 0.4) is 0 Å². The standard InChI is InChI=1S/C17H16IN3O5/c1-11(12-3-5-13(6-4-12)21(23)24)19-20-17(22)10-26-16-8-7-14(25-2)9-15(16)18/h3-9H,10H2,1-2H3,(H,20,22). The van der Waals surface area contributed by atoms with Crippen LogP contribution in [0, 0.1) is 13.7 Å². The van der Waals surface area contributed by atoms with Crippen LogP contribution in [-0.2, 0) is 4.79 Å². The number of nitro benzene ring substituents is 1. The molecule has 2 rings (SSSR count). The number of halogens is 1. The Hall–Kier alpha value is -2.69. The normalized spacial score (nSPS) is 11.0. The molecule has 2 aromatic carbocycles.